The molecule has 53 heavy (non-hydrogen) atoms. The molecule has 0 amide bonds. The SMILES string of the molecule is CC/C=C/C/C=C/C/C=C/C/C=C/C/C=C/CCCC(=O)O[C@H](COC(=O)CCCCCCCCCCCCCC)COP(=O)(O)OC[C@H](N)C(=O)O. The van der Waals surface area contributed by atoms with Crippen LogP contribution in [0.15, 0.2) is 60.8 Å². The molecule has 0 aliphatic rings. The molecule has 0 rings (SSSR count). The summed E-state index contributed by atoms with van der Waals surface area (Å²) in [7, 11) is -4.73. The number of hydrogen-bond acceptors (Lipinski definition) is 9. The van der Waals surface area contributed by atoms with Gasteiger partial charge in [0.25, 0.3) is 0 Å². The highest BCUT2D eigenvalue weighted by molar-refractivity contribution is 7.47. The average molecular weight is 768 g/mol. The summed E-state index contributed by atoms with van der Waals surface area (Å²) in [5, 5.41) is 8.86. The zero-order valence-corrected chi connectivity index (χ0v) is 33.5. The molecular weight excluding hydrogens is 697 g/mol. The third-order valence-corrected chi connectivity index (χ3v) is 8.98. The van der Waals surface area contributed by atoms with Crippen molar-refractivity contribution in [1.82, 2.24) is 0 Å². The number of unbranched alkanes of at least 4 members (excludes halogenated alkanes) is 12. The van der Waals surface area contributed by atoms with Gasteiger partial charge < -0.3 is 25.2 Å². The summed E-state index contributed by atoms with van der Waals surface area (Å²) in [5.74, 6) is -2.46. The van der Waals surface area contributed by atoms with Gasteiger partial charge in [-0.25, -0.2) is 4.57 Å². The first-order valence-electron chi connectivity index (χ1n) is 19.8. The number of carboxylic acid groups (broad SMARTS) is 1. The number of phosphoric acid groups is 1. The highest BCUT2D eigenvalue weighted by Crippen LogP contribution is 2.43. The molecule has 4 N–H and O–H groups in total. The minimum absolute atomic E-state index is 0.0817. The van der Waals surface area contributed by atoms with Crippen LogP contribution in [0.5, 0.6) is 0 Å². The Kier molecular flexibility index (Phi) is 34.2. The van der Waals surface area contributed by atoms with E-state index in [1.807, 2.05) is 12.2 Å². The van der Waals surface area contributed by atoms with E-state index in [0.29, 0.717) is 19.3 Å². The van der Waals surface area contributed by atoms with Crippen LogP contribution in [0, 0.1) is 0 Å². The predicted molar refractivity (Wildman–Crippen MR) is 212 cm³/mol. The van der Waals surface area contributed by atoms with Crippen LogP contribution < -0.4 is 5.73 Å². The van der Waals surface area contributed by atoms with Crippen molar-refractivity contribution < 1.29 is 47.5 Å². The second-order valence-corrected chi connectivity index (χ2v) is 14.5. The van der Waals surface area contributed by atoms with Gasteiger partial charge in [-0.2, -0.15) is 0 Å². The summed E-state index contributed by atoms with van der Waals surface area (Å²) < 4.78 is 32.5. The standard InChI is InChI=1S/C41H70NO10P/c1-3-5-7-9-11-13-15-17-18-19-20-21-23-25-27-29-31-33-40(44)52-37(35-50-53(47,48)51-36-38(42)41(45)46)34-49-39(43)32-30-28-26-24-22-16-14-12-10-8-6-4-2/h5,7,11,13,17-18,20-21,25,27,37-38H,3-4,6,8-10,12,14-16,19,22-24,26,28-36,42H2,1-2H3,(H,45,46)(H,47,48)/b7-5+,13-11+,18-17+,21-20+,27-25+/t37-,38+/m1/s1. The van der Waals surface area contributed by atoms with Gasteiger partial charge >= 0.3 is 25.7 Å². The molecule has 0 saturated carbocycles. The molecule has 0 aromatic heterocycles. The molecule has 0 aliphatic carbocycles. The lowest BCUT2D eigenvalue weighted by Gasteiger charge is -2.20. The van der Waals surface area contributed by atoms with Crippen molar-refractivity contribution in [3.05, 3.63) is 60.8 Å². The van der Waals surface area contributed by atoms with Crippen LogP contribution in [0.25, 0.3) is 0 Å². The van der Waals surface area contributed by atoms with Crippen molar-refractivity contribution in [2.45, 2.75) is 161 Å². The maximum absolute atomic E-state index is 12.6. The number of esters is 2. The van der Waals surface area contributed by atoms with Crippen molar-refractivity contribution in [1.29, 1.82) is 0 Å². The Morgan fingerprint density at radius 3 is 1.57 bits per heavy atom. The fourth-order valence-corrected chi connectivity index (χ4v) is 5.70. The zero-order valence-electron chi connectivity index (χ0n) is 32.6. The lowest BCUT2D eigenvalue weighted by molar-refractivity contribution is -0.161. The maximum Gasteiger partial charge on any atom is 0.472 e. The molecule has 12 heteroatoms. The number of carbonyl (C=O) groups is 3. The van der Waals surface area contributed by atoms with Gasteiger partial charge in [-0.15, -0.1) is 0 Å². The molecule has 0 aromatic carbocycles. The van der Waals surface area contributed by atoms with Crippen LogP contribution >= 0.6 is 7.82 Å². The Bertz CT molecular complexity index is 1130. The Balaban J connectivity index is 4.54. The van der Waals surface area contributed by atoms with E-state index >= 15 is 0 Å². The fourth-order valence-electron chi connectivity index (χ4n) is 4.92. The zero-order chi connectivity index (χ0) is 39.3. The topological polar surface area (TPSA) is 172 Å². The Morgan fingerprint density at radius 1 is 0.604 bits per heavy atom. The molecule has 0 fully saturated rings. The quantitative estimate of drug-likeness (QED) is 0.0240. The van der Waals surface area contributed by atoms with Gasteiger partial charge in [0, 0.05) is 12.8 Å². The van der Waals surface area contributed by atoms with E-state index in [2.05, 4.69) is 67.0 Å². The first-order chi connectivity index (χ1) is 25.6. The minimum Gasteiger partial charge on any atom is -0.480 e. The molecule has 0 bridgehead atoms. The molecule has 1 unspecified atom stereocenters. The van der Waals surface area contributed by atoms with Gasteiger partial charge in [0.05, 0.1) is 13.2 Å². The van der Waals surface area contributed by atoms with Crippen molar-refractivity contribution >= 4 is 25.7 Å². The number of hydrogen-bond donors (Lipinski definition) is 3. The van der Waals surface area contributed by atoms with Gasteiger partial charge in [0.2, 0.25) is 0 Å². The van der Waals surface area contributed by atoms with Crippen molar-refractivity contribution in [3.63, 3.8) is 0 Å². The van der Waals surface area contributed by atoms with Gasteiger partial charge in [0.15, 0.2) is 6.10 Å². The summed E-state index contributed by atoms with van der Waals surface area (Å²) >= 11 is 0. The third-order valence-electron chi connectivity index (χ3n) is 8.03. The summed E-state index contributed by atoms with van der Waals surface area (Å²) in [6, 6.07) is -1.53. The predicted octanol–water partition coefficient (Wildman–Crippen LogP) is 10.00. The van der Waals surface area contributed by atoms with E-state index in [-0.39, 0.29) is 19.4 Å². The van der Waals surface area contributed by atoms with Gasteiger partial charge in [0.1, 0.15) is 12.6 Å². The molecule has 0 aromatic rings. The highest BCUT2D eigenvalue weighted by Gasteiger charge is 2.28. The number of phosphoric ester groups is 1. The van der Waals surface area contributed by atoms with Crippen LogP contribution in [0.2, 0.25) is 0 Å². The van der Waals surface area contributed by atoms with Gasteiger partial charge in [-0.3, -0.25) is 23.4 Å². The normalized spacial score (nSPS) is 14.5. The van der Waals surface area contributed by atoms with Crippen LogP contribution in [0.4, 0.5) is 0 Å². The van der Waals surface area contributed by atoms with E-state index in [0.717, 1.165) is 51.4 Å². The van der Waals surface area contributed by atoms with Crippen LogP contribution in [-0.4, -0.2) is 59.9 Å². The van der Waals surface area contributed by atoms with Crippen LogP contribution in [0.1, 0.15) is 149 Å². The maximum atomic E-state index is 12.6. The first kappa shape index (κ1) is 50.2. The number of rotatable bonds is 36. The minimum atomic E-state index is -4.73. The first-order valence-corrected chi connectivity index (χ1v) is 21.3. The molecule has 0 saturated heterocycles. The second-order valence-electron chi connectivity index (χ2n) is 13.0. The van der Waals surface area contributed by atoms with Crippen molar-refractivity contribution in [2.75, 3.05) is 19.8 Å². The molecule has 0 aliphatic heterocycles. The Labute approximate surface area is 319 Å². The molecule has 3 atom stereocenters. The van der Waals surface area contributed by atoms with E-state index in [9.17, 15) is 23.8 Å². The number of nitrogens with two attached hydrogens (primary N) is 1. The van der Waals surface area contributed by atoms with Crippen LogP contribution in [-0.2, 0) is 37.5 Å². The highest BCUT2D eigenvalue weighted by atomic mass is 31.2. The van der Waals surface area contributed by atoms with E-state index in [4.69, 9.17) is 24.8 Å². The summed E-state index contributed by atoms with van der Waals surface area (Å²) in [6.45, 7) is 2.60. The molecule has 304 valence electrons. The smallest absolute Gasteiger partial charge is 0.472 e. The largest absolute Gasteiger partial charge is 0.480 e. The molecule has 0 spiro atoms. The number of aliphatic carboxylic acids is 1. The number of ether oxygens (including phenoxy) is 2. The molecule has 0 heterocycles. The van der Waals surface area contributed by atoms with Crippen LogP contribution in [0.3, 0.4) is 0 Å². The molecule has 0 radical (unpaired) electrons. The van der Waals surface area contributed by atoms with Gasteiger partial charge in [-0.05, 0) is 51.4 Å². The summed E-state index contributed by atoms with van der Waals surface area (Å²) in [6.07, 6.45) is 40.1. The summed E-state index contributed by atoms with van der Waals surface area (Å²) in [4.78, 5) is 45.8. The molecule has 11 nitrogen and oxygen atoms in total. The van der Waals surface area contributed by atoms with E-state index in [1.165, 1.54) is 51.4 Å². The average Bonchev–Trinajstić information content (AvgIpc) is 3.13. The molecular formula is C41H70NO10P. The Hall–Kier alpha value is -2.82. The number of carbonyl (C=O) groups excluding carboxylic acids is 2. The van der Waals surface area contributed by atoms with Crippen molar-refractivity contribution in [2.24, 2.45) is 5.73 Å². The fraction of sp³-hybridized carbons (Fsp3) is 0.683. The van der Waals surface area contributed by atoms with Gasteiger partial charge in [-0.1, -0.05) is 145 Å². The number of allylic oxidation sites excluding steroid dienone is 10. The third kappa shape index (κ3) is 36.0. The Morgan fingerprint density at radius 2 is 1.06 bits per heavy atom. The summed E-state index contributed by atoms with van der Waals surface area (Å²) in [5.41, 5.74) is 5.31. The van der Waals surface area contributed by atoms with E-state index < -0.39 is 51.1 Å². The lowest BCUT2D eigenvalue weighted by Crippen LogP contribution is -2.34. The lowest BCUT2D eigenvalue weighted by atomic mass is 10.0. The number of carboxylic acids is 1. The van der Waals surface area contributed by atoms with E-state index in [1.54, 1.807) is 0 Å². The van der Waals surface area contributed by atoms with Crippen molar-refractivity contribution in [3.8, 4) is 0 Å². The monoisotopic (exact) mass is 767 g/mol. The second kappa shape index (κ2) is 36.2.